The molecule has 18 heavy (non-hydrogen) atoms. The molecular weight excluding hydrogens is 230 g/mol. The summed E-state index contributed by atoms with van der Waals surface area (Å²) in [5.74, 6) is -0.00446. The summed E-state index contributed by atoms with van der Waals surface area (Å²) < 4.78 is 5.57. The lowest BCUT2D eigenvalue weighted by molar-refractivity contribution is -0.142. The number of benzene rings is 1. The van der Waals surface area contributed by atoms with E-state index in [1.54, 1.807) is 6.92 Å². The third-order valence-corrected chi connectivity index (χ3v) is 3.25. The molecule has 0 aromatic heterocycles. The second kappa shape index (κ2) is 6.40. The van der Waals surface area contributed by atoms with Gasteiger partial charge in [0.1, 0.15) is 11.8 Å². The molecule has 2 atom stereocenters. The van der Waals surface area contributed by atoms with Gasteiger partial charge in [-0.25, -0.2) is 0 Å². The summed E-state index contributed by atoms with van der Waals surface area (Å²) >= 11 is 0. The Morgan fingerprint density at radius 3 is 2.56 bits per heavy atom. The van der Waals surface area contributed by atoms with E-state index in [0.717, 1.165) is 11.3 Å². The van der Waals surface area contributed by atoms with Crippen molar-refractivity contribution in [1.29, 1.82) is 0 Å². The first-order valence-corrected chi connectivity index (χ1v) is 6.15. The molecule has 0 bridgehead atoms. The average Bonchev–Trinajstić information content (AvgIpc) is 2.37. The molecule has 1 aromatic rings. The van der Waals surface area contributed by atoms with Crippen molar-refractivity contribution in [3.8, 4) is 5.75 Å². The summed E-state index contributed by atoms with van der Waals surface area (Å²) in [6, 6.07) is 7.19. The molecular formula is C14H21NO3. The van der Waals surface area contributed by atoms with Crippen LogP contribution in [-0.4, -0.2) is 35.7 Å². The van der Waals surface area contributed by atoms with Crippen molar-refractivity contribution < 1.29 is 14.6 Å². The molecule has 1 aromatic carbocycles. The van der Waals surface area contributed by atoms with Gasteiger partial charge in [0.25, 0.3) is 0 Å². The van der Waals surface area contributed by atoms with E-state index in [-0.39, 0.29) is 6.04 Å². The fraction of sp³-hybridized carbons (Fsp3) is 0.500. The van der Waals surface area contributed by atoms with E-state index in [0.29, 0.717) is 6.61 Å². The first kappa shape index (κ1) is 14.5. The summed E-state index contributed by atoms with van der Waals surface area (Å²) in [5.41, 5.74) is 1.01. The number of aliphatic carboxylic acids is 1. The van der Waals surface area contributed by atoms with Crippen LogP contribution in [0.1, 0.15) is 32.4 Å². The van der Waals surface area contributed by atoms with Crippen LogP contribution in [0.15, 0.2) is 24.3 Å². The molecule has 0 amide bonds. The van der Waals surface area contributed by atoms with E-state index >= 15 is 0 Å². The van der Waals surface area contributed by atoms with Gasteiger partial charge in [0.2, 0.25) is 0 Å². The predicted molar refractivity (Wildman–Crippen MR) is 70.9 cm³/mol. The zero-order chi connectivity index (χ0) is 13.7. The maximum atomic E-state index is 11.0. The minimum atomic E-state index is -0.821. The molecule has 1 N–H and O–H groups in total. The van der Waals surface area contributed by atoms with Crippen LogP contribution < -0.4 is 4.74 Å². The van der Waals surface area contributed by atoms with Gasteiger partial charge in [-0.15, -0.1) is 0 Å². The highest BCUT2D eigenvalue weighted by Crippen LogP contribution is 2.29. The third-order valence-electron chi connectivity index (χ3n) is 3.25. The van der Waals surface area contributed by atoms with Crippen LogP contribution in [0.3, 0.4) is 0 Å². The molecule has 0 heterocycles. The summed E-state index contributed by atoms with van der Waals surface area (Å²) in [7, 11) is 1.81. The SMILES string of the molecule is CCOc1ccccc1C(C)N(C)C(C)C(=O)O. The largest absolute Gasteiger partial charge is 0.494 e. The highest BCUT2D eigenvalue weighted by atomic mass is 16.5. The van der Waals surface area contributed by atoms with Gasteiger partial charge in [0.15, 0.2) is 0 Å². The van der Waals surface area contributed by atoms with Crippen LogP contribution in [0.5, 0.6) is 5.75 Å². The lowest BCUT2D eigenvalue weighted by Crippen LogP contribution is -2.37. The molecule has 100 valence electrons. The topological polar surface area (TPSA) is 49.8 Å². The standard InChI is InChI=1S/C14H21NO3/c1-5-18-13-9-7-6-8-12(13)10(2)15(4)11(3)14(16)17/h6-11H,5H2,1-4H3,(H,16,17). The van der Waals surface area contributed by atoms with Gasteiger partial charge in [-0.2, -0.15) is 0 Å². The second-order valence-electron chi connectivity index (χ2n) is 4.33. The molecule has 0 saturated heterocycles. The maximum Gasteiger partial charge on any atom is 0.320 e. The number of hydrogen-bond acceptors (Lipinski definition) is 3. The van der Waals surface area contributed by atoms with Crippen LogP contribution >= 0.6 is 0 Å². The number of carbonyl (C=O) groups is 1. The van der Waals surface area contributed by atoms with Crippen LogP contribution in [0, 0.1) is 0 Å². The average molecular weight is 251 g/mol. The fourth-order valence-electron chi connectivity index (χ4n) is 1.84. The van der Waals surface area contributed by atoms with Crippen molar-refractivity contribution in [1.82, 2.24) is 4.90 Å². The Kier molecular flexibility index (Phi) is 5.16. The molecule has 0 aliphatic heterocycles. The number of carboxylic acid groups (broad SMARTS) is 1. The van der Waals surface area contributed by atoms with E-state index in [2.05, 4.69) is 0 Å². The molecule has 0 radical (unpaired) electrons. The van der Waals surface area contributed by atoms with Gasteiger partial charge in [-0.3, -0.25) is 9.69 Å². The Balaban J connectivity index is 2.95. The number of carboxylic acids is 1. The minimum absolute atomic E-state index is 0.0150. The Hall–Kier alpha value is -1.55. The molecule has 0 fully saturated rings. The smallest absolute Gasteiger partial charge is 0.320 e. The van der Waals surface area contributed by atoms with Crippen molar-refractivity contribution in [3.63, 3.8) is 0 Å². The van der Waals surface area contributed by atoms with Crippen molar-refractivity contribution in [2.24, 2.45) is 0 Å². The van der Waals surface area contributed by atoms with Crippen molar-refractivity contribution in [2.75, 3.05) is 13.7 Å². The molecule has 2 unspecified atom stereocenters. The van der Waals surface area contributed by atoms with E-state index < -0.39 is 12.0 Å². The molecule has 0 spiro atoms. The van der Waals surface area contributed by atoms with E-state index in [4.69, 9.17) is 9.84 Å². The van der Waals surface area contributed by atoms with Crippen molar-refractivity contribution >= 4 is 5.97 Å². The first-order valence-electron chi connectivity index (χ1n) is 6.15. The lowest BCUT2D eigenvalue weighted by atomic mass is 10.0. The normalized spacial score (nSPS) is 14.3. The van der Waals surface area contributed by atoms with E-state index in [1.807, 2.05) is 50.1 Å². The van der Waals surface area contributed by atoms with E-state index in [9.17, 15) is 4.79 Å². The minimum Gasteiger partial charge on any atom is -0.494 e. The summed E-state index contributed by atoms with van der Waals surface area (Å²) in [6.45, 7) is 6.20. The highest BCUT2D eigenvalue weighted by molar-refractivity contribution is 5.72. The summed E-state index contributed by atoms with van der Waals surface area (Å²) in [4.78, 5) is 12.8. The number of para-hydroxylation sites is 1. The van der Waals surface area contributed by atoms with Crippen LogP contribution in [0.2, 0.25) is 0 Å². The quantitative estimate of drug-likeness (QED) is 0.844. The number of nitrogens with zero attached hydrogens (tertiary/aromatic N) is 1. The van der Waals surface area contributed by atoms with E-state index in [1.165, 1.54) is 0 Å². The van der Waals surface area contributed by atoms with Crippen molar-refractivity contribution in [2.45, 2.75) is 32.9 Å². The monoisotopic (exact) mass is 251 g/mol. The summed E-state index contributed by atoms with van der Waals surface area (Å²) in [6.07, 6.45) is 0. The summed E-state index contributed by atoms with van der Waals surface area (Å²) in [5, 5.41) is 9.05. The number of hydrogen-bond donors (Lipinski definition) is 1. The lowest BCUT2D eigenvalue weighted by Gasteiger charge is -2.29. The Bertz CT molecular complexity index is 406. The van der Waals surface area contributed by atoms with Crippen LogP contribution in [0.25, 0.3) is 0 Å². The number of ether oxygens (including phenoxy) is 1. The Labute approximate surface area is 108 Å². The molecule has 0 saturated carbocycles. The molecule has 4 heteroatoms. The molecule has 4 nitrogen and oxygen atoms in total. The third kappa shape index (κ3) is 3.23. The first-order chi connectivity index (χ1) is 8.49. The Morgan fingerprint density at radius 1 is 1.39 bits per heavy atom. The predicted octanol–water partition coefficient (Wildman–Crippen LogP) is 2.55. The van der Waals surface area contributed by atoms with Gasteiger partial charge in [-0.05, 0) is 33.9 Å². The highest BCUT2D eigenvalue weighted by Gasteiger charge is 2.24. The number of likely N-dealkylation sites (N-methyl/N-ethyl adjacent to an activating group) is 1. The molecule has 0 aliphatic rings. The van der Waals surface area contributed by atoms with Crippen LogP contribution in [-0.2, 0) is 4.79 Å². The van der Waals surface area contributed by atoms with Gasteiger partial charge >= 0.3 is 5.97 Å². The fourth-order valence-corrected chi connectivity index (χ4v) is 1.84. The number of rotatable bonds is 6. The zero-order valence-corrected chi connectivity index (χ0v) is 11.4. The molecule has 0 aliphatic carbocycles. The van der Waals surface area contributed by atoms with Gasteiger partial charge < -0.3 is 9.84 Å². The van der Waals surface area contributed by atoms with Crippen molar-refractivity contribution in [3.05, 3.63) is 29.8 Å². The Morgan fingerprint density at radius 2 is 2.00 bits per heavy atom. The second-order valence-corrected chi connectivity index (χ2v) is 4.33. The maximum absolute atomic E-state index is 11.0. The van der Waals surface area contributed by atoms with Gasteiger partial charge in [0.05, 0.1) is 6.61 Å². The molecule has 1 rings (SSSR count). The van der Waals surface area contributed by atoms with Gasteiger partial charge in [-0.1, -0.05) is 18.2 Å². The van der Waals surface area contributed by atoms with Gasteiger partial charge in [0, 0.05) is 11.6 Å². The van der Waals surface area contributed by atoms with Crippen LogP contribution in [0.4, 0.5) is 0 Å². The zero-order valence-electron chi connectivity index (χ0n) is 11.4.